The van der Waals surface area contributed by atoms with Gasteiger partial charge in [0.1, 0.15) is 0 Å². The Labute approximate surface area is 142 Å². The number of nitrogens with zero attached hydrogens (tertiary/aromatic N) is 1. The second-order valence-electron chi connectivity index (χ2n) is 5.66. The van der Waals surface area contributed by atoms with Crippen LogP contribution in [0.4, 0.5) is 11.4 Å². The van der Waals surface area contributed by atoms with Gasteiger partial charge in [-0.3, -0.25) is 9.59 Å². The zero-order valence-corrected chi connectivity index (χ0v) is 13.9. The van der Waals surface area contributed by atoms with Crippen LogP contribution in [-0.4, -0.2) is 29.4 Å². The Morgan fingerprint density at radius 1 is 1.25 bits per heavy atom. The van der Waals surface area contributed by atoms with Crippen LogP contribution in [0.2, 0.25) is 0 Å². The summed E-state index contributed by atoms with van der Waals surface area (Å²) in [6, 6.07) is 5.25. The molecular formula is C17H16N2O4S. The number of anilines is 2. The second-order valence-corrected chi connectivity index (χ2v) is 6.41. The van der Waals surface area contributed by atoms with Crippen LogP contribution in [0.5, 0.6) is 0 Å². The molecule has 0 saturated carbocycles. The molecule has 3 rings (SSSR count). The molecule has 1 fully saturated rings. The van der Waals surface area contributed by atoms with Crippen LogP contribution < -0.4 is 10.2 Å². The van der Waals surface area contributed by atoms with E-state index < -0.39 is 11.9 Å². The maximum atomic E-state index is 12.5. The quantitative estimate of drug-likeness (QED) is 0.892. The fourth-order valence-corrected chi connectivity index (χ4v) is 3.48. The first-order chi connectivity index (χ1) is 11.5. The molecule has 0 unspecified atom stereocenters. The van der Waals surface area contributed by atoms with Crippen molar-refractivity contribution in [3.63, 3.8) is 0 Å². The van der Waals surface area contributed by atoms with E-state index in [1.54, 1.807) is 22.4 Å². The largest absolute Gasteiger partial charge is 0.478 e. The molecule has 2 heterocycles. The number of aromatic carboxylic acids is 1. The van der Waals surface area contributed by atoms with Gasteiger partial charge in [-0.05, 0) is 37.1 Å². The van der Waals surface area contributed by atoms with Gasteiger partial charge in [0.2, 0.25) is 5.91 Å². The molecule has 0 spiro atoms. The molecular weight excluding hydrogens is 328 g/mol. The fourth-order valence-electron chi connectivity index (χ4n) is 2.72. The number of carbonyl (C=O) groups excluding carboxylic acids is 2. The number of benzene rings is 1. The van der Waals surface area contributed by atoms with Crippen LogP contribution in [0.3, 0.4) is 0 Å². The number of amides is 2. The SMILES string of the molecule is Cc1cc(C(=O)Nc2cscc2C(=O)O)cc(N2CCCC2=O)c1. The van der Waals surface area contributed by atoms with Crippen molar-refractivity contribution < 1.29 is 19.5 Å². The summed E-state index contributed by atoms with van der Waals surface area (Å²) < 4.78 is 0. The van der Waals surface area contributed by atoms with Crippen molar-refractivity contribution in [1.29, 1.82) is 0 Å². The van der Waals surface area contributed by atoms with E-state index in [4.69, 9.17) is 5.11 Å². The number of aryl methyl sites for hydroxylation is 1. The minimum absolute atomic E-state index is 0.0537. The number of hydrogen-bond donors (Lipinski definition) is 2. The third-order valence-electron chi connectivity index (χ3n) is 3.85. The van der Waals surface area contributed by atoms with Crippen LogP contribution in [-0.2, 0) is 4.79 Å². The zero-order valence-electron chi connectivity index (χ0n) is 13.0. The zero-order chi connectivity index (χ0) is 17.3. The lowest BCUT2D eigenvalue weighted by molar-refractivity contribution is -0.117. The van der Waals surface area contributed by atoms with Crippen LogP contribution in [0.1, 0.15) is 39.1 Å². The van der Waals surface area contributed by atoms with E-state index >= 15 is 0 Å². The Balaban J connectivity index is 1.87. The molecule has 1 saturated heterocycles. The van der Waals surface area contributed by atoms with Gasteiger partial charge in [0.05, 0.1) is 11.3 Å². The Hall–Kier alpha value is -2.67. The normalized spacial score (nSPS) is 14.0. The van der Waals surface area contributed by atoms with Gasteiger partial charge in [0, 0.05) is 35.0 Å². The highest BCUT2D eigenvalue weighted by molar-refractivity contribution is 7.08. The van der Waals surface area contributed by atoms with Crippen molar-refractivity contribution in [2.45, 2.75) is 19.8 Å². The summed E-state index contributed by atoms with van der Waals surface area (Å²) in [5.41, 5.74) is 2.30. The summed E-state index contributed by atoms with van der Waals surface area (Å²) in [5.74, 6) is -1.43. The van der Waals surface area contributed by atoms with Gasteiger partial charge in [-0.1, -0.05) is 0 Å². The maximum Gasteiger partial charge on any atom is 0.338 e. The number of carbonyl (C=O) groups is 3. The van der Waals surface area contributed by atoms with E-state index in [1.165, 1.54) is 16.7 Å². The topological polar surface area (TPSA) is 86.7 Å². The van der Waals surface area contributed by atoms with Crippen molar-refractivity contribution >= 4 is 40.5 Å². The van der Waals surface area contributed by atoms with Crippen LogP contribution in [0.25, 0.3) is 0 Å². The van der Waals surface area contributed by atoms with Crippen LogP contribution in [0.15, 0.2) is 29.0 Å². The molecule has 0 atom stereocenters. The molecule has 1 aromatic carbocycles. The van der Waals surface area contributed by atoms with E-state index in [0.717, 1.165) is 12.0 Å². The van der Waals surface area contributed by atoms with Gasteiger partial charge >= 0.3 is 5.97 Å². The average molecular weight is 344 g/mol. The highest BCUT2D eigenvalue weighted by Gasteiger charge is 2.23. The van der Waals surface area contributed by atoms with Gasteiger partial charge in [0.15, 0.2) is 0 Å². The minimum Gasteiger partial charge on any atom is -0.478 e. The molecule has 0 radical (unpaired) electrons. The van der Waals surface area contributed by atoms with Crippen LogP contribution >= 0.6 is 11.3 Å². The average Bonchev–Trinajstić information content (AvgIpc) is 3.15. The van der Waals surface area contributed by atoms with Crippen molar-refractivity contribution in [3.05, 3.63) is 45.6 Å². The van der Waals surface area contributed by atoms with Gasteiger partial charge in [0.25, 0.3) is 5.91 Å². The molecule has 6 nitrogen and oxygen atoms in total. The predicted octanol–water partition coefficient (Wildman–Crippen LogP) is 3.13. The summed E-state index contributed by atoms with van der Waals surface area (Å²) in [5, 5.41) is 14.8. The summed E-state index contributed by atoms with van der Waals surface area (Å²) >= 11 is 1.21. The third-order valence-corrected chi connectivity index (χ3v) is 4.59. The molecule has 1 aromatic heterocycles. The molecule has 0 aliphatic carbocycles. The number of rotatable bonds is 4. The predicted molar refractivity (Wildman–Crippen MR) is 92.0 cm³/mol. The first-order valence-electron chi connectivity index (χ1n) is 7.48. The molecule has 24 heavy (non-hydrogen) atoms. The number of carboxylic acid groups (broad SMARTS) is 1. The van der Waals surface area contributed by atoms with Crippen molar-refractivity contribution in [2.24, 2.45) is 0 Å². The lowest BCUT2D eigenvalue weighted by atomic mass is 10.1. The molecule has 124 valence electrons. The monoisotopic (exact) mass is 344 g/mol. The van der Waals surface area contributed by atoms with Gasteiger partial charge < -0.3 is 15.3 Å². The van der Waals surface area contributed by atoms with E-state index in [0.29, 0.717) is 24.2 Å². The Morgan fingerprint density at radius 3 is 2.71 bits per heavy atom. The second kappa shape index (κ2) is 6.45. The van der Waals surface area contributed by atoms with Crippen molar-refractivity contribution in [1.82, 2.24) is 0 Å². The lowest BCUT2D eigenvalue weighted by Gasteiger charge is -2.17. The lowest BCUT2D eigenvalue weighted by Crippen LogP contribution is -2.24. The standard InChI is InChI=1S/C17H16N2O4S/c1-10-5-11(7-12(6-10)19-4-2-3-15(19)20)16(21)18-14-9-24-8-13(14)17(22)23/h5-9H,2-4H2,1H3,(H,18,21)(H,22,23). The van der Waals surface area contributed by atoms with E-state index in [-0.39, 0.29) is 17.2 Å². The molecule has 7 heteroatoms. The first kappa shape index (κ1) is 16.2. The van der Waals surface area contributed by atoms with Crippen molar-refractivity contribution in [2.75, 3.05) is 16.8 Å². The smallest absolute Gasteiger partial charge is 0.338 e. The molecule has 1 aliphatic rings. The highest BCUT2D eigenvalue weighted by atomic mass is 32.1. The Kier molecular flexibility index (Phi) is 4.35. The minimum atomic E-state index is -1.08. The number of carboxylic acids is 1. The van der Waals surface area contributed by atoms with E-state index in [2.05, 4.69) is 5.32 Å². The molecule has 2 aromatic rings. The van der Waals surface area contributed by atoms with E-state index in [1.807, 2.05) is 13.0 Å². The third kappa shape index (κ3) is 3.16. The van der Waals surface area contributed by atoms with Gasteiger partial charge in [-0.25, -0.2) is 4.79 Å². The maximum absolute atomic E-state index is 12.5. The van der Waals surface area contributed by atoms with Crippen molar-refractivity contribution in [3.8, 4) is 0 Å². The van der Waals surface area contributed by atoms with Gasteiger partial charge in [-0.2, -0.15) is 0 Å². The van der Waals surface area contributed by atoms with Gasteiger partial charge in [-0.15, -0.1) is 11.3 Å². The molecule has 0 bridgehead atoms. The molecule has 2 N–H and O–H groups in total. The summed E-state index contributed by atoms with van der Waals surface area (Å²) in [4.78, 5) is 37.2. The van der Waals surface area contributed by atoms with E-state index in [9.17, 15) is 14.4 Å². The summed E-state index contributed by atoms with van der Waals surface area (Å²) in [7, 11) is 0. The Bertz CT molecular complexity index is 828. The highest BCUT2D eigenvalue weighted by Crippen LogP contribution is 2.26. The number of thiophene rings is 1. The molecule has 1 aliphatic heterocycles. The number of nitrogens with one attached hydrogen (secondary N) is 1. The summed E-state index contributed by atoms with van der Waals surface area (Å²) in [6.07, 6.45) is 1.33. The first-order valence-corrected chi connectivity index (χ1v) is 8.43. The fraction of sp³-hybridized carbons (Fsp3) is 0.235. The Morgan fingerprint density at radius 2 is 2.04 bits per heavy atom. The van der Waals surface area contributed by atoms with Crippen LogP contribution in [0, 0.1) is 6.92 Å². The summed E-state index contributed by atoms with van der Waals surface area (Å²) in [6.45, 7) is 2.51. The molecule has 2 amide bonds. The number of hydrogen-bond acceptors (Lipinski definition) is 4.